The van der Waals surface area contributed by atoms with Crippen LogP contribution >= 0.6 is 11.3 Å². The number of rotatable bonds is 4. The van der Waals surface area contributed by atoms with Gasteiger partial charge in [-0.15, -0.1) is 10.2 Å². The van der Waals surface area contributed by atoms with Gasteiger partial charge in [-0.3, -0.25) is 5.32 Å². The van der Waals surface area contributed by atoms with Gasteiger partial charge >= 0.3 is 6.03 Å². The van der Waals surface area contributed by atoms with Crippen molar-refractivity contribution in [1.29, 1.82) is 0 Å². The topological polar surface area (TPSA) is 61.4 Å². The van der Waals surface area contributed by atoms with Gasteiger partial charge in [-0.25, -0.2) is 4.79 Å². The van der Waals surface area contributed by atoms with Crippen molar-refractivity contribution in [3.05, 3.63) is 5.01 Å². The van der Waals surface area contributed by atoms with E-state index in [9.17, 15) is 4.79 Å². The van der Waals surface area contributed by atoms with Gasteiger partial charge in [-0.05, 0) is 51.6 Å². The van der Waals surface area contributed by atoms with Gasteiger partial charge in [0.05, 0.1) is 0 Å². The Morgan fingerprint density at radius 3 is 2.73 bits per heavy atom. The second kappa shape index (κ2) is 6.12. The van der Waals surface area contributed by atoms with E-state index < -0.39 is 0 Å². The van der Waals surface area contributed by atoms with Gasteiger partial charge in [0.25, 0.3) is 0 Å². The molecule has 3 heterocycles. The molecule has 7 heteroatoms. The Morgan fingerprint density at radius 2 is 1.95 bits per heavy atom. The van der Waals surface area contributed by atoms with E-state index in [4.69, 9.17) is 0 Å². The summed E-state index contributed by atoms with van der Waals surface area (Å²) >= 11 is 1.53. The average molecular weight is 321 g/mol. The van der Waals surface area contributed by atoms with Crippen molar-refractivity contribution < 1.29 is 4.79 Å². The predicted molar refractivity (Wildman–Crippen MR) is 86.3 cm³/mol. The zero-order valence-electron chi connectivity index (χ0n) is 12.8. The normalized spacial score (nSPS) is 25.8. The third-order valence-electron chi connectivity index (χ3n) is 4.89. The molecule has 0 radical (unpaired) electrons. The smallest absolute Gasteiger partial charge is 0.320 e. The Morgan fingerprint density at radius 1 is 1.14 bits per heavy atom. The minimum Gasteiger partial charge on any atom is -0.320 e. The van der Waals surface area contributed by atoms with E-state index >= 15 is 0 Å². The number of amides is 2. The third-order valence-corrected chi connectivity index (χ3v) is 5.89. The molecule has 1 aliphatic carbocycles. The molecule has 4 rings (SSSR count). The van der Waals surface area contributed by atoms with Crippen LogP contribution in [0.15, 0.2) is 0 Å². The number of hydrogen-bond donors (Lipinski definition) is 1. The summed E-state index contributed by atoms with van der Waals surface area (Å²) in [5.74, 6) is 0.595. The first kappa shape index (κ1) is 14.4. The van der Waals surface area contributed by atoms with Crippen molar-refractivity contribution in [1.82, 2.24) is 20.0 Å². The standard InChI is InChI=1S/C15H23N5OS/c21-15(16-14-18-17-13(22-14)11-5-6-11)20-9-3-4-12(20)10-19-7-1-2-8-19/h11-12H,1-10H2,(H,16,18,21)/t12-/m1/s1. The lowest BCUT2D eigenvalue weighted by Crippen LogP contribution is -2.44. The SMILES string of the molecule is O=C(Nc1nnc(C2CC2)s1)N1CCC[C@@H]1CN1CCCC1. The van der Waals surface area contributed by atoms with Crippen LogP contribution in [-0.4, -0.2) is 58.2 Å². The summed E-state index contributed by atoms with van der Waals surface area (Å²) in [6, 6.07) is 0.356. The molecular weight excluding hydrogens is 298 g/mol. The van der Waals surface area contributed by atoms with Gasteiger partial charge in [0.2, 0.25) is 5.13 Å². The highest BCUT2D eigenvalue weighted by atomic mass is 32.1. The van der Waals surface area contributed by atoms with Crippen molar-refractivity contribution in [2.24, 2.45) is 0 Å². The molecule has 0 aromatic carbocycles. The highest BCUT2D eigenvalue weighted by molar-refractivity contribution is 7.15. The van der Waals surface area contributed by atoms with Crippen LogP contribution in [0.3, 0.4) is 0 Å². The minimum absolute atomic E-state index is 0.000180. The van der Waals surface area contributed by atoms with Crippen molar-refractivity contribution in [2.45, 2.75) is 50.5 Å². The monoisotopic (exact) mass is 321 g/mol. The van der Waals surface area contributed by atoms with E-state index in [-0.39, 0.29) is 6.03 Å². The fourth-order valence-electron chi connectivity index (χ4n) is 3.50. The molecule has 6 nitrogen and oxygen atoms in total. The number of urea groups is 1. The molecule has 0 spiro atoms. The maximum Gasteiger partial charge on any atom is 0.323 e. The quantitative estimate of drug-likeness (QED) is 0.925. The highest BCUT2D eigenvalue weighted by Crippen LogP contribution is 2.42. The first-order chi connectivity index (χ1) is 10.8. The summed E-state index contributed by atoms with van der Waals surface area (Å²) in [6.45, 7) is 4.26. The number of carbonyl (C=O) groups excluding carboxylic acids is 1. The van der Waals surface area contributed by atoms with E-state index in [1.807, 2.05) is 4.90 Å². The molecule has 120 valence electrons. The lowest BCUT2D eigenvalue weighted by molar-refractivity contribution is 0.186. The Kier molecular flexibility index (Phi) is 4.00. The summed E-state index contributed by atoms with van der Waals surface area (Å²) in [7, 11) is 0. The lowest BCUT2D eigenvalue weighted by atomic mass is 10.2. The van der Waals surface area contributed by atoms with Crippen LogP contribution in [-0.2, 0) is 0 Å². The average Bonchev–Trinajstić information content (AvgIpc) is 2.96. The molecule has 1 aromatic heterocycles. The number of nitrogens with zero attached hydrogens (tertiary/aromatic N) is 4. The highest BCUT2D eigenvalue weighted by Gasteiger charge is 2.32. The summed E-state index contributed by atoms with van der Waals surface area (Å²) in [4.78, 5) is 17.0. The lowest BCUT2D eigenvalue weighted by Gasteiger charge is -2.28. The van der Waals surface area contributed by atoms with Crippen LogP contribution in [0.4, 0.5) is 9.93 Å². The number of likely N-dealkylation sites (tertiary alicyclic amines) is 2. The van der Waals surface area contributed by atoms with E-state index in [1.165, 1.54) is 50.1 Å². The molecule has 0 bridgehead atoms. The number of nitrogens with one attached hydrogen (secondary N) is 1. The molecule has 2 amide bonds. The maximum absolute atomic E-state index is 12.5. The van der Waals surface area contributed by atoms with Gasteiger partial charge in [0.1, 0.15) is 5.01 Å². The second-order valence-electron chi connectivity index (χ2n) is 6.65. The molecule has 0 unspecified atom stereocenters. The molecule has 1 aromatic rings. The summed E-state index contributed by atoms with van der Waals surface area (Å²) in [5, 5.41) is 13.0. The zero-order valence-corrected chi connectivity index (χ0v) is 13.6. The minimum atomic E-state index is 0.000180. The summed E-state index contributed by atoms with van der Waals surface area (Å²) < 4.78 is 0. The molecule has 2 aliphatic heterocycles. The zero-order chi connectivity index (χ0) is 14.9. The first-order valence-corrected chi connectivity index (χ1v) is 9.24. The van der Waals surface area contributed by atoms with E-state index in [2.05, 4.69) is 20.4 Å². The molecule has 1 saturated carbocycles. The van der Waals surface area contributed by atoms with Crippen LogP contribution in [0.2, 0.25) is 0 Å². The van der Waals surface area contributed by atoms with Crippen molar-refractivity contribution in [3.63, 3.8) is 0 Å². The van der Waals surface area contributed by atoms with Gasteiger partial charge < -0.3 is 9.80 Å². The molecule has 3 fully saturated rings. The number of aromatic nitrogens is 2. The van der Waals surface area contributed by atoms with Gasteiger partial charge in [0, 0.05) is 25.0 Å². The Hall–Kier alpha value is -1.21. The molecule has 1 atom stereocenters. The molecule has 1 N–H and O–H groups in total. The fraction of sp³-hybridized carbons (Fsp3) is 0.800. The van der Waals surface area contributed by atoms with Crippen LogP contribution in [0.5, 0.6) is 0 Å². The molecular formula is C15H23N5OS. The molecule has 2 saturated heterocycles. The largest absolute Gasteiger partial charge is 0.323 e. The van der Waals surface area contributed by atoms with Gasteiger partial charge in [-0.2, -0.15) is 0 Å². The van der Waals surface area contributed by atoms with Crippen molar-refractivity contribution in [2.75, 3.05) is 31.5 Å². The number of hydrogen-bond acceptors (Lipinski definition) is 5. The summed E-state index contributed by atoms with van der Waals surface area (Å²) in [6.07, 6.45) is 7.25. The van der Waals surface area contributed by atoms with Crippen LogP contribution in [0.25, 0.3) is 0 Å². The predicted octanol–water partition coefficient (Wildman–Crippen LogP) is 2.51. The number of carbonyl (C=O) groups is 1. The van der Waals surface area contributed by atoms with Crippen LogP contribution < -0.4 is 5.32 Å². The number of anilines is 1. The Bertz CT molecular complexity index is 538. The third kappa shape index (κ3) is 3.10. The van der Waals surface area contributed by atoms with Gasteiger partial charge in [-0.1, -0.05) is 11.3 Å². The Labute approximate surface area is 134 Å². The summed E-state index contributed by atoms with van der Waals surface area (Å²) in [5.41, 5.74) is 0. The van der Waals surface area contributed by atoms with Gasteiger partial charge in [0.15, 0.2) is 0 Å². The Balaban J connectivity index is 1.35. The molecule has 3 aliphatic rings. The van der Waals surface area contributed by atoms with Crippen molar-refractivity contribution in [3.8, 4) is 0 Å². The van der Waals surface area contributed by atoms with E-state index in [0.717, 1.165) is 30.9 Å². The first-order valence-electron chi connectivity index (χ1n) is 8.43. The second-order valence-corrected chi connectivity index (χ2v) is 7.66. The van der Waals surface area contributed by atoms with E-state index in [1.54, 1.807) is 0 Å². The fourth-order valence-corrected chi connectivity index (χ4v) is 4.40. The maximum atomic E-state index is 12.5. The van der Waals surface area contributed by atoms with Crippen LogP contribution in [0.1, 0.15) is 49.5 Å². The van der Waals surface area contributed by atoms with Crippen molar-refractivity contribution >= 4 is 22.5 Å². The van der Waals surface area contributed by atoms with Crippen LogP contribution in [0, 0.1) is 0 Å². The van der Waals surface area contributed by atoms with E-state index in [0.29, 0.717) is 17.1 Å². The molecule has 22 heavy (non-hydrogen) atoms.